The zero-order valence-electron chi connectivity index (χ0n) is 13.8. The highest BCUT2D eigenvalue weighted by molar-refractivity contribution is 7.98. The second-order valence-electron chi connectivity index (χ2n) is 6.18. The first kappa shape index (κ1) is 17.5. The molecule has 24 heavy (non-hydrogen) atoms. The molecule has 1 aromatic heterocycles. The second-order valence-corrected chi connectivity index (χ2v) is 8.29. The van der Waals surface area contributed by atoms with Crippen LogP contribution in [0.1, 0.15) is 40.3 Å². The molecule has 1 amide bonds. The Morgan fingerprint density at radius 3 is 2.83 bits per heavy atom. The van der Waals surface area contributed by atoms with Crippen molar-refractivity contribution >= 4 is 29.0 Å². The Morgan fingerprint density at radius 2 is 2.17 bits per heavy atom. The molecule has 1 saturated carbocycles. The monoisotopic (exact) mass is 361 g/mol. The number of amides is 1. The Kier molecular flexibility index (Phi) is 5.92. The van der Waals surface area contributed by atoms with Gasteiger partial charge in [-0.15, -0.1) is 23.1 Å². The number of aromatic nitrogens is 1. The van der Waals surface area contributed by atoms with Crippen molar-refractivity contribution < 1.29 is 4.79 Å². The van der Waals surface area contributed by atoms with Crippen molar-refractivity contribution in [3.63, 3.8) is 0 Å². The van der Waals surface area contributed by atoms with Crippen molar-refractivity contribution in [3.8, 4) is 0 Å². The number of benzene rings is 1. The van der Waals surface area contributed by atoms with Gasteiger partial charge in [0.2, 0.25) is 0 Å². The van der Waals surface area contributed by atoms with E-state index < -0.39 is 0 Å². The van der Waals surface area contributed by atoms with Crippen LogP contribution in [0.4, 0.5) is 0 Å². The van der Waals surface area contributed by atoms with Crippen molar-refractivity contribution in [3.05, 3.63) is 45.9 Å². The van der Waals surface area contributed by atoms with Crippen molar-refractivity contribution in [1.82, 2.24) is 10.3 Å². The summed E-state index contributed by atoms with van der Waals surface area (Å²) in [6, 6.07) is 8.04. The number of rotatable bonds is 6. The van der Waals surface area contributed by atoms with E-state index in [1.54, 1.807) is 23.1 Å². The van der Waals surface area contributed by atoms with Gasteiger partial charge in [0.1, 0.15) is 0 Å². The molecule has 4 nitrogen and oxygen atoms in total. The molecule has 0 spiro atoms. The minimum absolute atomic E-state index is 0.00651. The molecule has 0 radical (unpaired) electrons. The topological polar surface area (TPSA) is 68.0 Å². The molecule has 0 aliphatic heterocycles. The summed E-state index contributed by atoms with van der Waals surface area (Å²) < 4.78 is 0. The highest BCUT2D eigenvalue weighted by atomic mass is 32.2. The smallest absolute Gasteiger partial charge is 0.251 e. The lowest BCUT2D eigenvalue weighted by Gasteiger charge is -2.19. The maximum Gasteiger partial charge on any atom is 0.251 e. The minimum atomic E-state index is 0.00651. The maximum atomic E-state index is 12.4. The first-order chi connectivity index (χ1) is 11.7. The Hall–Kier alpha value is -1.37. The average Bonchev–Trinajstić information content (AvgIpc) is 3.22. The fourth-order valence-corrected chi connectivity index (χ4v) is 4.60. The third-order valence-corrected chi connectivity index (χ3v) is 6.32. The number of carbonyl (C=O) groups excluding carboxylic acids is 1. The van der Waals surface area contributed by atoms with Crippen molar-refractivity contribution in [2.24, 2.45) is 11.7 Å². The number of thiazole rings is 1. The first-order valence-corrected chi connectivity index (χ1v) is 10.2. The average molecular weight is 362 g/mol. The zero-order valence-corrected chi connectivity index (χ0v) is 15.5. The fraction of sp³-hybridized carbons (Fsp3) is 0.444. The van der Waals surface area contributed by atoms with Crippen molar-refractivity contribution in [1.29, 1.82) is 0 Å². The Morgan fingerprint density at radius 1 is 1.38 bits per heavy atom. The zero-order chi connectivity index (χ0) is 16.9. The van der Waals surface area contributed by atoms with Crippen LogP contribution in [0.5, 0.6) is 0 Å². The van der Waals surface area contributed by atoms with E-state index >= 15 is 0 Å². The third kappa shape index (κ3) is 4.37. The van der Waals surface area contributed by atoms with Gasteiger partial charge in [0.15, 0.2) is 0 Å². The van der Waals surface area contributed by atoms with E-state index in [1.165, 1.54) is 0 Å². The molecule has 3 N–H and O–H groups in total. The van der Waals surface area contributed by atoms with E-state index in [9.17, 15) is 4.79 Å². The number of hydrogen-bond acceptors (Lipinski definition) is 5. The van der Waals surface area contributed by atoms with Crippen LogP contribution in [-0.2, 0) is 5.75 Å². The number of aryl methyl sites for hydroxylation is 1. The normalized spacial score (nSPS) is 20.2. The summed E-state index contributed by atoms with van der Waals surface area (Å²) in [6.45, 7) is 2.67. The van der Waals surface area contributed by atoms with Gasteiger partial charge in [-0.25, -0.2) is 4.98 Å². The Balaban J connectivity index is 1.54. The lowest BCUT2D eigenvalue weighted by molar-refractivity contribution is 0.0928. The van der Waals surface area contributed by atoms with E-state index in [1.807, 2.05) is 31.2 Å². The van der Waals surface area contributed by atoms with Crippen LogP contribution in [0.15, 0.2) is 34.5 Å². The lowest BCUT2D eigenvalue weighted by atomic mass is 10.0. The predicted octanol–water partition coefficient (Wildman–Crippen LogP) is 3.60. The molecule has 1 aliphatic carbocycles. The molecule has 6 heteroatoms. The summed E-state index contributed by atoms with van der Waals surface area (Å²) in [7, 11) is 0. The van der Waals surface area contributed by atoms with E-state index in [-0.39, 0.29) is 11.9 Å². The van der Waals surface area contributed by atoms with Gasteiger partial charge in [-0.1, -0.05) is 6.42 Å². The largest absolute Gasteiger partial charge is 0.349 e. The van der Waals surface area contributed by atoms with Gasteiger partial charge in [0, 0.05) is 27.6 Å². The highest BCUT2D eigenvalue weighted by Gasteiger charge is 2.27. The van der Waals surface area contributed by atoms with E-state index in [4.69, 9.17) is 5.73 Å². The second kappa shape index (κ2) is 8.14. The van der Waals surface area contributed by atoms with Gasteiger partial charge < -0.3 is 11.1 Å². The quantitative estimate of drug-likeness (QED) is 0.772. The van der Waals surface area contributed by atoms with Crippen molar-refractivity contribution in [2.75, 3.05) is 6.54 Å². The molecular formula is C18H23N3OS2. The number of nitrogens with zero attached hydrogens (tertiary/aromatic N) is 1. The Bertz CT molecular complexity index is 684. The van der Waals surface area contributed by atoms with Gasteiger partial charge in [-0.3, -0.25) is 4.79 Å². The number of carbonyl (C=O) groups is 1. The fourth-order valence-electron chi connectivity index (χ4n) is 3.10. The molecular weight excluding hydrogens is 338 g/mol. The van der Waals surface area contributed by atoms with E-state index in [2.05, 4.69) is 15.7 Å². The molecule has 2 unspecified atom stereocenters. The molecule has 3 rings (SSSR count). The van der Waals surface area contributed by atoms with Gasteiger partial charge in [-0.05, 0) is 56.5 Å². The van der Waals surface area contributed by atoms with Crippen LogP contribution in [0, 0.1) is 12.8 Å². The van der Waals surface area contributed by atoms with Crippen LogP contribution in [0.25, 0.3) is 0 Å². The summed E-state index contributed by atoms with van der Waals surface area (Å²) >= 11 is 3.42. The van der Waals surface area contributed by atoms with Gasteiger partial charge in [0.05, 0.1) is 10.7 Å². The lowest BCUT2D eigenvalue weighted by Crippen LogP contribution is -2.39. The molecule has 1 aliphatic rings. The molecule has 0 bridgehead atoms. The van der Waals surface area contributed by atoms with Gasteiger partial charge in [0.25, 0.3) is 5.91 Å². The summed E-state index contributed by atoms with van der Waals surface area (Å²) in [5.41, 5.74) is 7.61. The number of nitrogens with one attached hydrogen (secondary N) is 1. The molecule has 0 saturated heterocycles. The summed E-state index contributed by atoms with van der Waals surface area (Å²) in [5, 5.41) is 6.34. The number of hydrogen-bond donors (Lipinski definition) is 2. The third-order valence-electron chi connectivity index (χ3n) is 4.45. The SMILES string of the molecule is Cc1nc(CSc2ccc(C(=O)NC3CCCC3CN)cc2)cs1. The summed E-state index contributed by atoms with van der Waals surface area (Å²) in [4.78, 5) is 18.0. The Labute approximate surface area is 151 Å². The molecule has 128 valence electrons. The number of thioether (sulfide) groups is 1. The van der Waals surface area contributed by atoms with E-state index in [0.717, 1.165) is 40.6 Å². The molecule has 1 heterocycles. The molecule has 2 aromatic rings. The van der Waals surface area contributed by atoms with Crippen LogP contribution >= 0.6 is 23.1 Å². The van der Waals surface area contributed by atoms with E-state index in [0.29, 0.717) is 18.0 Å². The number of nitrogens with two attached hydrogens (primary N) is 1. The van der Waals surface area contributed by atoms with Crippen LogP contribution in [0.2, 0.25) is 0 Å². The van der Waals surface area contributed by atoms with Gasteiger partial charge >= 0.3 is 0 Å². The standard InChI is InChI=1S/C18H23N3OS2/c1-12-20-15(10-23-12)11-24-16-7-5-13(6-8-16)18(22)21-17-4-2-3-14(17)9-19/h5-8,10,14,17H,2-4,9,11,19H2,1H3,(H,21,22). The molecule has 1 aromatic carbocycles. The van der Waals surface area contributed by atoms with Crippen LogP contribution in [-0.4, -0.2) is 23.5 Å². The molecule has 1 fully saturated rings. The predicted molar refractivity (Wildman–Crippen MR) is 101 cm³/mol. The maximum absolute atomic E-state index is 12.4. The van der Waals surface area contributed by atoms with Crippen molar-refractivity contribution in [2.45, 2.75) is 42.9 Å². The van der Waals surface area contributed by atoms with Crippen LogP contribution in [0.3, 0.4) is 0 Å². The minimum Gasteiger partial charge on any atom is -0.349 e. The summed E-state index contributed by atoms with van der Waals surface area (Å²) in [5.74, 6) is 1.29. The van der Waals surface area contributed by atoms with Gasteiger partial charge in [-0.2, -0.15) is 0 Å². The molecule has 2 atom stereocenters. The summed E-state index contributed by atoms with van der Waals surface area (Å²) in [6.07, 6.45) is 3.31. The first-order valence-electron chi connectivity index (χ1n) is 8.30. The van der Waals surface area contributed by atoms with Crippen LogP contribution < -0.4 is 11.1 Å². The highest BCUT2D eigenvalue weighted by Crippen LogP contribution is 2.26.